The van der Waals surface area contributed by atoms with Gasteiger partial charge in [-0.25, -0.2) is 4.79 Å². The number of ether oxygens (including phenoxy) is 1. The number of carbonyl (C=O) groups excluding carboxylic acids is 1. The highest BCUT2D eigenvalue weighted by molar-refractivity contribution is 7.18. The summed E-state index contributed by atoms with van der Waals surface area (Å²) in [5.74, 6) is 0.316. The number of hydrogen-bond donors (Lipinski definition) is 2. The number of rotatable bonds is 6. The molecule has 0 unspecified atom stereocenters. The second-order valence-electron chi connectivity index (χ2n) is 4.22. The van der Waals surface area contributed by atoms with Gasteiger partial charge in [-0.3, -0.25) is 0 Å². The molecule has 0 aliphatic heterocycles. The molecule has 0 aliphatic rings. The summed E-state index contributed by atoms with van der Waals surface area (Å²) in [4.78, 5) is 12.0. The Morgan fingerprint density at radius 3 is 2.88 bits per heavy atom. The summed E-state index contributed by atoms with van der Waals surface area (Å²) < 4.78 is 4.93. The average molecular weight is 256 g/mol. The van der Waals surface area contributed by atoms with Crippen LogP contribution >= 0.6 is 11.3 Å². The maximum Gasteiger partial charge on any atom is 0.350 e. The Morgan fingerprint density at radius 1 is 1.59 bits per heavy atom. The summed E-state index contributed by atoms with van der Waals surface area (Å²) in [6, 6.07) is 1.79. The van der Waals surface area contributed by atoms with E-state index >= 15 is 0 Å². The molecule has 0 aliphatic carbocycles. The van der Waals surface area contributed by atoms with E-state index in [0.29, 0.717) is 23.1 Å². The van der Waals surface area contributed by atoms with Crippen LogP contribution in [0, 0.1) is 5.92 Å². The summed E-state index contributed by atoms with van der Waals surface area (Å²) in [5.41, 5.74) is 6.26. The van der Waals surface area contributed by atoms with Gasteiger partial charge >= 0.3 is 5.97 Å². The molecular formula is C12H20N2O2S. The van der Waals surface area contributed by atoms with Gasteiger partial charge < -0.3 is 15.8 Å². The van der Waals surface area contributed by atoms with Gasteiger partial charge in [0, 0.05) is 6.54 Å². The van der Waals surface area contributed by atoms with E-state index in [1.54, 1.807) is 13.0 Å². The molecule has 1 aromatic rings. The quantitative estimate of drug-likeness (QED) is 0.768. The second kappa shape index (κ2) is 6.49. The summed E-state index contributed by atoms with van der Waals surface area (Å²) in [6.45, 7) is 7.39. The van der Waals surface area contributed by atoms with Crippen molar-refractivity contribution in [2.24, 2.45) is 5.92 Å². The van der Waals surface area contributed by atoms with E-state index in [1.807, 2.05) is 0 Å². The lowest BCUT2D eigenvalue weighted by Gasteiger charge is -2.05. The molecule has 0 atom stereocenters. The minimum Gasteiger partial charge on any atom is -0.462 e. The molecular weight excluding hydrogens is 236 g/mol. The third-order valence-electron chi connectivity index (χ3n) is 2.24. The van der Waals surface area contributed by atoms with Crippen molar-refractivity contribution in [3.63, 3.8) is 0 Å². The fourth-order valence-electron chi connectivity index (χ4n) is 1.33. The molecule has 1 rings (SSSR count). The van der Waals surface area contributed by atoms with Gasteiger partial charge in [0.25, 0.3) is 0 Å². The molecule has 0 bridgehead atoms. The zero-order valence-electron chi connectivity index (χ0n) is 10.6. The number of hydrogen-bond acceptors (Lipinski definition) is 5. The highest BCUT2D eigenvalue weighted by Crippen LogP contribution is 2.29. The van der Waals surface area contributed by atoms with E-state index in [1.165, 1.54) is 11.3 Å². The number of esters is 1. The molecule has 5 heteroatoms. The molecule has 4 nitrogen and oxygen atoms in total. The molecule has 3 N–H and O–H groups in total. The van der Waals surface area contributed by atoms with Crippen LogP contribution in [0.3, 0.4) is 0 Å². The third kappa shape index (κ3) is 4.26. The first kappa shape index (κ1) is 13.8. The van der Waals surface area contributed by atoms with Crippen molar-refractivity contribution in [1.29, 1.82) is 0 Å². The number of nitrogen functional groups attached to an aromatic ring is 1. The van der Waals surface area contributed by atoms with Crippen LogP contribution in [0.25, 0.3) is 0 Å². The first-order valence-corrected chi connectivity index (χ1v) is 6.66. The maximum atomic E-state index is 11.5. The standard InChI is InChI=1S/C12H20N2O2S/c1-4-16-12(15)11-9(13)7-10(17-11)14-6-5-8(2)3/h7-8,14H,4-6,13H2,1-3H3. The highest BCUT2D eigenvalue weighted by atomic mass is 32.1. The van der Waals surface area contributed by atoms with Crippen molar-refractivity contribution in [2.45, 2.75) is 27.2 Å². The van der Waals surface area contributed by atoms with Crippen molar-refractivity contribution in [3.05, 3.63) is 10.9 Å². The SMILES string of the molecule is CCOC(=O)c1sc(NCCC(C)C)cc1N. The normalized spacial score (nSPS) is 10.6. The molecule has 0 saturated heterocycles. The molecule has 0 radical (unpaired) electrons. The Kier molecular flexibility index (Phi) is 5.28. The minimum absolute atomic E-state index is 0.341. The van der Waals surface area contributed by atoms with Gasteiger partial charge in [0.1, 0.15) is 4.88 Å². The monoisotopic (exact) mass is 256 g/mol. The van der Waals surface area contributed by atoms with Crippen LogP contribution in [0.15, 0.2) is 6.07 Å². The number of thiophene rings is 1. The summed E-state index contributed by atoms with van der Waals surface area (Å²) >= 11 is 1.35. The smallest absolute Gasteiger partial charge is 0.350 e. The fourth-order valence-corrected chi connectivity index (χ4v) is 2.23. The Hall–Kier alpha value is -1.23. The molecule has 0 aromatic carbocycles. The lowest BCUT2D eigenvalue weighted by Crippen LogP contribution is -2.04. The molecule has 0 amide bonds. The summed E-state index contributed by atoms with van der Waals surface area (Å²) in [6.07, 6.45) is 1.09. The van der Waals surface area contributed by atoms with Crippen molar-refractivity contribution >= 4 is 28.0 Å². The van der Waals surface area contributed by atoms with Crippen LogP contribution in [0.4, 0.5) is 10.7 Å². The first-order chi connectivity index (χ1) is 8.04. The first-order valence-electron chi connectivity index (χ1n) is 5.84. The number of nitrogens with one attached hydrogen (secondary N) is 1. The topological polar surface area (TPSA) is 64.3 Å². The summed E-state index contributed by atoms with van der Waals surface area (Å²) in [5, 5.41) is 4.19. The Balaban J connectivity index is 2.58. The van der Waals surface area contributed by atoms with Gasteiger partial charge in [-0.05, 0) is 25.3 Å². The lowest BCUT2D eigenvalue weighted by atomic mass is 10.1. The van der Waals surface area contributed by atoms with E-state index in [4.69, 9.17) is 10.5 Å². The zero-order valence-corrected chi connectivity index (χ0v) is 11.4. The molecule has 17 heavy (non-hydrogen) atoms. The van der Waals surface area contributed by atoms with E-state index in [9.17, 15) is 4.79 Å². The highest BCUT2D eigenvalue weighted by Gasteiger charge is 2.15. The van der Waals surface area contributed by atoms with Gasteiger partial charge in [-0.1, -0.05) is 13.8 Å². The Morgan fingerprint density at radius 2 is 2.29 bits per heavy atom. The third-order valence-corrected chi connectivity index (χ3v) is 3.33. The van der Waals surface area contributed by atoms with Crippen molar-refractivity contribution < 1.29 is 9.53 Å². The van der Waals surface area contributed by atoms with Crippen LogP contribution in [0.2, 0.25) is 0 Å². The fraction of sp³-hybridized carbons (Fsp3) is 0.583. The van der Waals surface area contributed by atoms with Gasteiger partial charge in [0.05, 0.1) is 17.3 Å². The molecule has 1 aromatic heterocycles. The maximum absolute atomic E-state index is 11.5. The van der Waals surface area contributed by atoms with Gasteiger partial charge in [-0.2, -0.15) is 0 Å². The van der Waals surface area contributed by atoms with E-state index in [2.05, 4.69) is 19.2 Å². The van der Waals surface area contributed by atoms with Gasteiger partial charge in [0.2, 0.25) is 0 Å². The molecule has 96 valence electrons. The van der Waals surface area contributed by atoms with Crippen LogP contribution in [-0.2, 0) is 4.74 Å². The van der Waals surface area contributed by atoms with Crippen molar-refractivity contribution in [3.8, 4) is 0 Å². The van der Waals surface area contributed by atoms with Crippen LogP contribution in [0.1, 0.15) is 36.9 Å². The van der Waals surface area contributed by atoms with E-state index in [0.717, 1.165) is 18.0 Å². The van der Waals surface area contributed by atoms with Gasteiger partial charge in [-0.15, -0.1) is 11.3 Å². The van der Waals surface area contributed by atoms with Crippen LogP contribution in [-0.4, -0.2) is 19.1 Å². The zero-order chi connectivity index (χ0) is 12.8. The molecule has 1 heterocycles. The minimum atomic E-state index is -0.341. The predicted octanol–water partition coefficient (Wildman–Crippen LogP) is 2.97. The van der Waals surface area contributed by atoms with Crippen molar-refractivity contribution in [1.82, 2.24) is 0 Å². The lowest BCUT2D eigenvalue weighted by molar-refractivity contribution is 0.0533. The van der Waals surface area contributed by atoms with Crippen LogP contribution < -0.4 is 11.1 Å². The Bertz CT molecular complexity index is 375. The number of carbonyl (C=O) groups is 1. The molecule has 0 fully saturated rings. The largest absolute Gasteiger partial charge is 0.462 e. The predicted molar refractivity (Wildman–Crippen MR) is 72.6 cm³/mol. The van der Waals surface area contributed by atoms with Crippen molar-refractivity contribution in [2.75, 3.05) is 24.2 Å². The van der Waals surface area contributed by atoms with E-state index in [-0.39, 0.29) is 5.97 Å². The average Bonchev–Trinajstić information content (AvgIpc) is 2.59. The Labute approximate surface area is 106 Å². The van der Waals surface area contributed by atoms with Gasteiger partial charge in [0.15, 0.2) is 0 Å². The number of nitrogens with two attached hydrogens (primary N) is 1. The van der Waals surface area contributed by atoms with E-state index < -0.39 is 0 Å². The summed E-state index contributed by atoms with van der Waals surface area (Å²) in [7, 11) is 0. The van der Waals surface area contributed by atoms with Crippen LogP contribution in [0.5, 0.6) is 0 Å². The second-order valence-corrected chi connectivity index (χ2v) is 5.28. The molecule has 0 spiro atoms. The molecule has 0 saturated carbocycles. The number of anilines is 2.